The van der Waals surface area contributed by atoms with Crippen LogP contribution in [0.2, 0.25) is 0 Å². The fraction of sp³-hybridized carbons (Fsp3) is 0.370. The van der Waals surface area contributed by atoms with Crippen LogP contribution in [0.4, 0.5) is 19.0 Å². The third kappa shape index (κ3) is 6.62. The molecule has 222 valence electrons. The molecule has 1 atom stereocenters. The Morgan fingerprint density at radius 3 is 2.31 bits per heavy atom. The molecule has 5 rings (SSSR count). The topological polar surface area (TPSA) is 119 Å². The lowest BCUT2D eigenvalue weighted by Gasteiger charge is -2.35. The van der Waals surface area contributed by atoms with Gasteiger partial charge in [0, 0.05) is 44.1 Å². The molecule has 0 bridgehead atoms. The Bertz CT molecular complexity index is 1520. The van der Waals surface area contributed by atoms with E-state index in [1.165, 1.54) is 38.5 Å². The fourth-order valence-corrected chi connectivity index (χ4v) is 4.66. The van der Waals surface area contributed by atoms with Gasteiger partial charge in [-0.3, -0.25) is 19.1 Å². The van der Waals surface area contributed by atoms with Crippen LogP contribution in [-0.4, -0.2) is 92.8 Å². The van der Waals surface area contributed by atoms with E-state index >= 15 is 0 Å². The molecule has 3 aromatic heterocycles. The highest BCUT2D eigenvalue weighted by Crippen LogP contribution is 2.32. The molecule has 1 N–H and O–H groups in total. The first-order valence-electron chi connectivity index (χ1n) is 13.1. The predicted molar refractivity (Wildman–Crippen MR) is 145 cm³/mol. The van der Waals surface area contributed by atoms with E-state index in [1.807, 2.05) is 0 Å². The molecule has 1 amide bonds. The van der Waals surface area contributed by atoms with Crippen molar-refractivity contribution < 1.29 is 32.2 Å². The maximum absolute atomic E-state index is 13.4. The number of fused-ring (bicyclic) bond motifs is 1. The second-order valence-electron chi connectivity index (χ2n) is 9.52. The summed E-state index contributed by atoms with van der Waals surface area (Å²) in [6.45, 7) is 4.51. The largest absolute Gasteiger partial charge is 0.573 e. The van der Waals surface area contributed by atoms with E-state index in [0.717, 1.165) is 0 Å². The number of nitrogens with zero attached hydrogens (tertiary/aromatic N) is 7. The van der Waals surface area contributed by atoms with Crippen LogP contribution in [-0.2, 0) is 11.3 Å². The lowest BCUT2D eigenvalue weighted by atomic mass is 10.1. The van der Waals surface area contributed by atoms with Gasteiger partial charge in [-0.05, 0) is 31.2 Å². The number of imidazole rings is 1. The number of ether oxygens (including phenoxy) is 3. The van der Waals surface area contributed by atoms with Gasteiger partial charge in [0.1, 0.15) is 29.1 Å². The summed E-state index contributed by atoms with van der Waals surface area (Å²) in [6, 6.07) is 6.38. The van der Waals surface area contributed by atoms with Gasteiger partial charge in [0.15, 0.2) is 5.65 Å². The third-order valence-electron chi connectivity index (χ3n) is 6.71. The molecule has 4 aromatic rings. The summed E-state index contributed by atoms with van der Waals surface area (Å²) >= 11 is 0. The molecular formula is C27H29F3N8O4. The first kappa shape index (κ1) is 28.9. The smallest absolute Gasteiger partial charge is 0.481 e. The van der Waals surface area contributed by atoms with Crippen molar-refractivity contribution >= 4 is 17.4 Å². The van der Waals surface area contributed by atoms with Gasteiger partial charge in [0.25, 0.3) is 0 Å². The van der Waals surface area contributed by atoms with Gasteiger partial charge in [0.2, 0.25) is 17.7 Å². The Kier molecular flexibility index (Phi) is 8.29. The number of alkyl halides is 3. The standard InChI is InChI=1S/C27H29F3N8O4/c1-17(26(39)37-12-10-36(11-13-37)16-20-33-22(40-2)14-23(34-20)41-3)32-25-24(35-21-15-31-8-9-38(21)25)18-4-6-19(7-5-18)42-27(28,29)30/h4-9,14-15,17,32H,10-13,16H2,1-3H3. The van der Waals surface area contributed by atoms with E-state index in [-0.39, 0.29) is 11.7 Å². The highest BCUT2D eigenvalue weighted by atomic mass is 19.4. The Labute approximate surface area is 239 Å². The number of carbonyl (C=O) groups excluding carboxylic acids is 1. The van der Waals surface area contributed by atoms with Crippen molar-refractivity contribution in [2.24, 2.45) is 0 Å². The van der Waals surface area contributed by atoms with Crippen molar-refractivity contribution in [1.29, 1.82) is 0 Å². The number of methoxy groups -OCH3 is 2. The van der Waals surface area contributed by atoms with Gasteiger partial charge in [-0.2, -0.15) is 9.97 Å². The first-order chi connectivity index (χ1) is 20.1. The summed E-state index contributed by atoms with van der Waals surface area (Å²) < 4.78 is 54.0. The molecule has 1 aliphatic rings. The van der Waals surface area contributed by atoms with Crippen LogP contribution in [0.1, 0.15) is 12.7 Å². The average Bonchev–Trinajstić information content (AvgIpc) is 3.34. The fourth-order valence-electron chi connectivity index (χ4n) is 4.66. The third-order valence-corrected chi connectivity index (χ3v) is 6.71. The zero-order valence-corrected chi connectivity index (χ0v) is 23.1. The average molecular weight is 587 g/mol. The number of nitrogens with one attached hydrogen (secondary N) is 1. The van der Waals surface area contributed by atoms with E-state index in [2.05, 4.69) is 34.9 Å². The Morgan fingerprint density at radius 1 is 1.02 bits per heavy atom. The van der Waals surface area contributed by atoms with Crippen molar-refractivity contribution in [1.82, 2.24) is 34.1 Å². The van der Waals surface area contributed by atoms with Gasteiger partial charge in [-0.15, -0.1) is 13.2 Å². The van der Waals surface area contributed by atoms with Gasteiger partial charge >= 0.3 is 6.36 Å². The van der Waals surface area contributed by atoms with E-state index in [0.29, 0.717) is 73.0 Å². The second kappa shape index (κ2) is 12.1. The summed E-state index contributed by atoms with van der Waals surface area (Å²) in [6.07, 6.45) is 0.0436. The monoisotopic (exact) mass is 586 g/mol. The number of anilines is 1. The van der Waals surface area contributed by atoms with E-state index in [1.54, 1.807) is 40.9 Å². The maximum atomic E-state index is 13.4. The van der Waals surface area contributed by atoms with Gasteiger partial charge < -0.3 is 24.4 Å². The van der Waals surface area contributed by atoms with Gasteiger partial charge in [-0.1, -0.05) is 0 Å². The van der Waals surface area contributed by atoms with Crippen molar-refractivity contribution in [2.45, 2.75) is 25.9 Å². The molecule has 1 aromatic carbocycles. The van der Waals surface area contributed by atoms with Crippen LogP contribution < -0.4 is 19.5 Å². The minimum absolute atomic E-state index is 0.0992. The summed E-state index contributed by atoms with van der Waals surface area (Å²) in [7, 11) is 3.06. The molecule has 1 saturated heterocycles. The highest BCUT2D eigenvalue weighted by molar-refractivity contribution is 5.86. The minimum atomic E-state index is -4.79. The van der Waals surface area contributed by atoms with Crippen LogP contribution in [0.25, 0.3) is 16.9 Å². The number of carbonyl (C=O) groups is 1. The summed E-state index contributed by atoms with van der Waals surface area (Å²) in [5, 5.41) is 3.27. The first-order valence-corrected chi connectivity index (χ1v) is 13.1. The van der Waals surface area contributed by atoms with Gasteiger partial charge in [0.05, 0.1) is 33.0 Å². The van der Waals surface area contributed by atoms with E-state index in [9.17, 15) is 18.0 Å². The molecule has 1 fully saturated rings. The molecular weight excluding hydrogens is 557 g/mol. The van der Waals surface area contributed by atoms with Crippen LogP contribution in [0.3, 0.4) is 0 Å². The van der Waals surface area contributed by atoms with Crippen molar-refractivity contribution in [3.63, 3.8) is 0 Å². The lowest BCUT2D eigenvalue weighted by Crippen LogP contribution is -2.52. The zero-order chi connectivity index (χ0) is 29.9. The number of rotatable bonds is 9. The molecule has 0 spiro atoms. The summed E-state index contributed by atoms with van der Waals surface area (Å²) in [4.78, 5) is 34.8. The molecule has 0 radical (unpaired) electrons. The number of halogens is 3. The van der Waals surface area contributed by atoms with Crippen LogP contribution in [0.5, 0.6) is 17.5 Å². The molecule has 12 nitrogen and oxygen atoms in total. The molecule has 4 heterocycles. The number of amides is 1. The van der Waals surface area contributed by atoms with E-state index < -0.39 is 12.4 Å². The molecule has 1 aliphatic heterocycles. The van der Waals surface area contributed by atoms with Crippen molar-refractivity contribution in [3.05, 3.63) is 54.7 Å². The quantitative estimate of drug-likeness (QED) is 0.313. The van der Waals surface area contributed by atoms with E-state index in [4.69, 9.17) is 9.47 Å². The molecule has 0 aliphatic carbocycles. The normalized spacial score (nSPS) is 15.0. The summed E-state index contributed by atoms with van der Waals surface area (Å²) in [5.74, 6) is 1.47. The van der Waals surface area contributed by atoms with Crippen LogP contribution in [0, 0.1) is 0 Å². The van der Waals surface area contributed by atoms with Crippen LogP contribution in [0.15, 0.2) is 48.9 Å². The second-order valence-corrected chi connectivity index (χ2v) is 9.52. The Morgan fingerprint density at radius 2 is 1.69 bits per heavy atom. The lowest BCUT2D eigenvalue weighted by molar-refractivity contribution is -0.274. The molecule has 42 heavy (non-hydrogen) atoms. The molecule has 0 saturated carbocycles. The van der Waals surface area contributed by atoms with Crippen molar-refractivity contribution in [2.75, 3.05) is 45.7 Å². The summed E-state index contributed by atoms with van der Waals surface area (Å²) in [5.41, 5.74) is 1.51. The minimum Gasteiger partial charge on any atom is -0.481 e. The molecule has 15 heteroatoms. The van der Waals surface area contributed by atoms with Gasteiger partial charge in [-0.25, -0.2) is 4.98 Å². The van der Waals surface area contributed by atoms with Crippen molar-refractivity contribution in [3.8, 4) is 28.8 Å². The highest BCUT2D eigenvalue weighted by Gasteiger charge is 2.31. The zero-order valence-electron chi connectivity index (χ0n) is 23.1. The maximum Gasteiger partial charge on any atom is 0.573 e. The predicted octanol–water partition coefficient (Wildman–Crippen LogP) is 3.25. The SMILES string of the molecule is COc1cc(OC)nc(CN2CCN(C(=O)C(C)Nc3c(-c4ccc(OC(F)(F)F)cc4)nc4cnccn34)CC2)n1. The molecule has 1 unspecified atom stereocenters. The Hall–Kier alpha value is -4.66. The Balaban J connectivity index is 1.26. The number of hydrogen-bond acceptors (Lipinski definition) is 10. The number of piperazine rings is 1. The number of hydrogen-bond donors (Lipinski definition) is 1. The van der Waals surface area contributed by atoms with Crippen LogP contribution >= 0.6 is 0 Å². The number of aromatic nitrogens is 5. The number of benzene rings is 1.